The summed E-state index contributed by atoms with van der Waals surface area (Å²) in [5.41, 5.74) is 0.924. The summed E-state index contributed by atoms with van der Waals surface area (Å²) in [6, 6.07) is 6.58. The van der Waals surface area contributed by atoms with E-state index >= 15 is 0 Å². The number of tetrazole rings is 1. The van der Waals surface area contributed by atoms with Gasteiger partial charge in [0.15, 0.2) is 5.58 Å². The number of hydrogen-bond donors (Lipinski definition) is 1. The molecule has 0 aliphatic carbocycles. The van der Waals surface area contributed by atoms with Gasteiger partial charge in [-0.25, -0.2) is 4.98 Å². The minimum Gasteiger partial charge on any atom is -1.00 e. The van der Waals surface area contributed by atoms with E-state index in [1.165, 1.54) is 0 Å². The number of hydrogen-bond acceptors (Lipinski definition) is 6. The van der Waals surface area contributed by atoms with Crippen LogP contribution >= 0.6 is 11.6 Å². The first-order valence-corrected chi connectivity index (χ1v) is 6.37. The van der Waals surface area contributed by atoms with Crippen molar-refractivity contribution in [3.8, 4) is 11.4 Å². The van der Waals surface area contributed by atoms with E-state index in [2.05, 4.69) is 25.6 Å². The summed E-state index contributed by atoms with van der Waals surface area (Å²) in [6.07, 6.45) is 1.55. The molecule has 0 aliphatic rings. The van der Waals surface area contributed by atoms with Gasteiger partial charge in [-0.05, 0) is 29.5 Å². The molecule has 0 bridgehead atoms. The van der Waals surface area contributed by atoms with Crippen LogP contribution in [0, 0.1) is 0 Å². The Balaban J connectivity index is 0.000000960. The Morgan fingerprint density at radius 2 is 2.14 bits per heavy atom. The third-order valence-corrected chi connectivity index (χ3v) is 3.39. The van der Waals surface area contributed by atoms with Gasteiger partial charge < -0.3 is 5.84 Å². The fourth-order valence-corrected chi connectivity index (χ4v) is 2.42. The average molecular weight is 324 g/mol. The van der Waals surface area contributed by atoms with Gasteiger partial charge in [-0.15, -0.1) is 10.2 Å². The Morgan fingerprint density at radius 1 is 1.27 bits per heavy atom. The van der Waals surface area contributed by atoms with Crippen LogP contribution in [0.15, 0.2) is 39.7 Å². The number of H-pyrrole nitrogens is 1. The molecule has 0 radical (unpaired) electrons. The molecule has 0 saturated carbocycles. The molecule has 0 saturated heterocycles. The van der Waals surface area contributed by atoms with Gasteiger partial charge in [0.25, 0.3) is 0 Å². The number of benzene rings is 1. The largest absolute Gasteiger partial charge is 1.00 e. The van der Waals surface area contributed by atoms with Gasteiger partial charge >= 0.3 is 29.6 Å². The monoisotopic (exact) mass is 323 g/mol. The van der Waals surface area contributed by atoms with Crippen molar-refractivity contribution < 1.29 is 35.4 Å². The van der Waals surface area contributed by atoms with Gasteiger partial charge in [-0.2, -0.15) is 5.21 Å². The number of fused-ring (bicyclic) bond motifs is 2. The van der Waals surface area contributed by atoms with E-state index in [4.69, 9.17) is 16.0 Å². The summed E-state index contributed by atoms with van der Waals surface area (Å²) in [4.78, 5) is 16.6. The van der Waals surface area contributed by atoms with Crippen LogP contribution in [0.5, 0.6) is 0 Å². The van der Waals surface area contributed by atoms with E-state index in [9.17, 15) is 4.79 Å². The number of aromatic nitrogens is 5. The number of halogens is 1. The molecule has 7 nitrogen and oxygen atoms in total. The number of nitrogens with zero attached hydrogens (tertiary/aromatic N) is 4. The van der Waals surface area contributed by atoms with Crippen LogP contribution in [0.4, 0.5) is 0 Å². The van der Waals surface area contributed by atoms with Crippen LogP contribution in [-0.4, -0.2) is 25.6 Å². The fourth-order valence-electron chi connectivity index (χ4n) is 2.17. The summed E-state index contributed by atoms with van der Waals surface area (Å²) in [6.45, 7) is 0. The maximum Gasteiger partial charge on any atom is 1.00 e. The second-order valence-electron chi connectivity index (χ2n) is 4.36. The van der Waals surface area contributed by atoms with Crippen molar-refractivity contribution in [3.63, 3.8) is 0 Å². The van der Waals surface area contributed by atoms with Crippen LogP contribution in [0.1, 0.15) is 1.43 Å². The van der Waals surface area contributed by atoms with E-state index < -0.39 is 0 Å². The van der Waals surface area contributed by atoms with E-state index in [1.807, 2.05) is 0 Å². The molecule has 3 aromatic heterocycles. The van der Waals surface area contributed by atoms with Crippen LogP contribution in [0.2, 0.25) is 5.02 Å². The predicted octanol–water partition coefficient (Wildman–Crippen LogP) is -0.709. The first kappa shape index (κ1) is 15.1. The Morgan fingerprint density at radius 3 is 2.91 bits per heavy atom. The zero-order valence-electron chi connectivity index (χ0n) is 12.4. The number of aromatic amines is 1. The van der Waals surface area contributed by atoms with E-state index in [0.29, 0.717) is 27.7 Å². The molecule has 1 aromatic carbocycles. The van der Waals surface area contributed by atoms with Crippen molar-refractivity contribution in [2.24, 2.45) is 0 Å². The van der Waals surface area contributed by atoms with Gasteiger partial charge in [0.05, 0.1) is 15.8 Å². The molecule has 0 fully saturated rings. The first-order chi connectivity index (χ1) is 10.2. The van der Waals surface area contributed by atoms with Crippen LogP contribution in [-0.2, 0) is 0 Å². The Labute approximate surface area is 151 Å². The topological polar surface area (TPSA) is 97.6 Å². The summed E-state index contributed by atoms with van der Waals surface area (Å²) >= 11 is 6.20. The molecule has 4 aromatic rings. The van der Waals surface area contributed by atoms with Crippen molar-refractivity contribution in [1.82, 2.24) is 25.6 Å². The zero-order valence-corrected chi connectivity index (χ0v) is 14.1. The molecule has 4 rings (SSSR count). The Bertz CT molecular complexity index is 1040. The van der Waals surface area contributed by atoms with Crippen molar-refractivity contribution >= 4 is 33.7 Å². The minimum atomic E-state index is -0.202. The number of rotatable bonds is 1. The molecule has 1 N–H and O–H groups in total. The van der Waals surface area contributed by atoms with Crippen LogP contribution in [0.25, 0.3) is 33.5 Å². The van der Waals surface area contributed by atoms with Crippen molar-refractivity contribution in [1.29, 1.82) is 0 Å². The molecule has 0 unspecified atom stereocenters. The molecule has 0 aliphatic heterocycles. The molecule has 9 heteroatoms. The van der Waals surface area contributed by atoms with Crippen LogP contribution in [0.3, 0.4) is 0 Å². The number of nitrogens with one attached hydrogen (secondary N) is 1. The smallest absolute Gasteiger partial charge is 1.00 e. The van der Waals surface area contributed by atoms with Gasteiger partial charge in [0.1, 0.15) is 0 Å². The van der Waals surface area contributed by atoms with Gasteiger partial charge in [0.2, 0.25) is 17.0 Å². The second-order valence-corrected chi connectivity index (χ2v) is 4.76. The Kier molecular flexibility index (Phi) is 3.96. The molecular formula is C13H7ClN5NaO2. The Hall–Kier alpha value is -1.80. The molecule has 0 atom stereocenters. The second kappa shape index (κ2) is 5.77. The predicted molar refractivity (Wildman–Crippen MR) is 77.1 cm³/mol. The first-order valence-electron chi connectivity index (χ1n) is 5.99. The normalized spacial score (nSPS) is 10.8. The molecule has 3 heterocycles. The maximum absolute atomic E-state index is 12.5. The molecule has 22 heavy (non-hydrogen) atoms. The average Bonchev–Trinajstić information content (AvgIpc) is 3.03. The van der Waals surface area contributed by atoms with E-state index in [1.54, 1.807) is 30.5 Å². The third kappa shape index (κ3) is 2.32. The fraction of sp³-hybridized carbons (Fsp3) is 0. The SMILES string of the molecule is O=c1c2cccnc2oc2c(Cl)cc(-c3nn[nH]n3)cc12.[H-].[Na+]. The summed E-state index contributed by atoms with van der Waals surface area (Å²) in [5, 5.41) is 14.6. The molecule has 104 valence electrons. The standard InChI is InChI=1S/C13H6ClN5O2.Na.H/c14-9-5-6(12-16-18-19-17-12)4-8-10(20)7-2-1-3-15-13(7)21-11(8)9;;/h1-5H,(H,16,17,18,19);;/q;+1;-1. The molecular weight excluding hydrogens is 317 g/mol. The summed E-state index contributed by atoms with van der Waals surface area (Å²) in [7, 11) is 0. The zero-order chi connectivity index (χ0) is 14.4. The van der Waals surface area contributed by atoms with E-state index in [-0.39, 0.29) is 47.1 Å². The van der Waals surface area contributed by atoms with Crippen molar-refractivity contribution in [3.05, 3.63) is 45.7 Å². The number of pyridine rings is 1. The van der Waals surface area contributed by atoms with Gasteiger partial charge in [-0.1, -0.05) is 11.6 Å². The van der Waals surface area contributed by atoms with Gasteiger partial charge in [-0.3, -0.25) is 4.79 Å². The van der Waals surface area contributed by atoms with Crippen molar-refractivity contribution in [2.75, 3.05) is 0 Å². The summed E-state index contributed by atoms with van der Waals surface area (Å²) < 4.78 is 5.62. The minimum absolute atomic E-state index is 0. The molecule has 0 amide bonds. The van der Waals surface area contributed by atoms with E-state index in [0.717, 1.165) is 0 Å². The quantitative estimate of drug-likeness (QED) is 0.367. The van der Waals surface area contributed by atoms with Gasteiger partial charge in [0, 0.05) is 11.8 Å². The van der Waals surface area contributed by atoms with Crippen molar-refractivity contribution in [2.45, 2.75) is 0 Å². The third-order valence-electron chi connectivity index (χ3n) is 3.11. The molecule has 0 spiro atoms. The van der Waals surface area contributed by atoms with Crippen LogP contribution < -0.4 is 35.0 Å². The maximum atomic E-state index is 12.5. The summed E-state index contributed by atoms with van der Waals surface area (Å²) in [5.74, 6) is 0.351.